The second-order valence-corrected chi connectivity index (χ2v) is 6.43. The average molecular weight is 240 g/mol. The molecule has 0 aromatic rings. The fourth-order valence-corrected chi connectivity index (χ4v) is 2.81. The zero-order valence-corrected chi connectivity index (χ0v) is 12.6. The molecule has 0 radical (unpaired) electrons. The summed E-state index contributed by atoms with van der Waals surface area (Å²) in [5.41, 5.74) is 0.764. The van der Waals surface area contributed by atoms with Crippen molar-refractivity contribution in [2.75, 3.05) is 20.6 Å². The van der Waals surface area contributed by atoms with Crippen LogP contribution >= 0.6 is 0 Å². The molecule has 0 heterocycles. The van der Waals surface area contributed by atoms with Crippen molar-refractivity contribution >= 4 is 0 Å². The lowest BCUT2D eigenvalue weighted by Crippen LogP contribution is -2.49. The summed E-state index contributed by atoms with van der Waals surface area (Å²) in [5.74, 6) is 0. The van der Waals surface area contributed by atoms with Gasteiger partial charge in [0.05, 0.1) is 0 Å². The Hall–Kier alpha value is -0.0800. The molecule has 1 rings (SSSR count). The Morgan fingerprint density at radius 2 is 1.76 bits per heavy atom. The number of hydrogen-bond donors (Lipinski definition) is 1. The van der Waals surface area contributed by atoms with Gasteiger partial charge in [0, 0.05) is 17.6 Å². The highest BCUT2D eigenvalue weighted by molar-refractivity contribution is 4.91. The summed E-state index contributed by atoms with van der Waals surface area (Å²) in [4.78, 5) is 2.53. The van der Waals surface area contributed by atoms with Crippen LogP contribution in [0.3, 0.4) is 0 Å². The fourth-order valence-electron chi connectivity index (χ4n) is 2.81. The van der Waals surface area contributed by atoms with Gasteiger partial charge < -0.3 is 10.2 Å². The SMILES string of the molecule is CCC(C)(C)N(C)CCC1(NC)CCCCC1. The van der Waals surface area contributed by atoms with Crippen molar-refractivity contribution in [3.8, 4) is 0 Å². The zero-order valence-electron chi connectivity index (χ0n) is 12.6. The third-order valence-corrected chi connectivity index (χ3v) is 5.17. The molecule has 17 heavy (non-hydrogen) atoms. The standard InChI is InChI=1S/C15H32N2/c1-6-14(2,3)17(5)13-12-15(16-4)10-8-7-9-11-15/h16H,6-13H2,1-5H3. The van der Waals surface area contributed by atoms with Gasteiger partial charge in [-0.25, -0.2) is 0 Å². The van der Waals surface area contributed by atoms with E-state index in [1.54, 1.807) is 0 Å². The second kappa shape index (κ2) is 6.19. The Morgan fingerprint density at radius 3 is 2.24 bits per heavy atom. The maximum absolute atomic E-state index is 3.62. The van der Waals surface area contributed by atoms with Gasteiger partial charge in [-0.3, -0.25) is 0 Å². The van der Waals surface area contributed by atoms with Crippen molar-refractivity contribution < 1.29 is 0 Å². The molecule has 0 spiro atoms. The summed E-state index contributed by atoms with van der Waals surface area (Å²) in [6.45, 7) is 8.19. The van der Waals surface area contributed by atoms with Crippen molar-refractivity contribution in [3.05, 3.63) is 0 Å². The molecule has 0 aromatic heterocycles. The summed E-state index contributed by atoms with van der Waals surface area (Å²) in [7, 11) is 4.42. The van der Waals surface area contributed by atoms with E-state index in [1.807, 2.05) is 0 Å². The number of hydrogen-bond acceptors (Lipinski definition) is 2. The summed E-state index contributed by atoms with van der Waals surface area (Å²) in [6.07, 6.45) is 9.48. The molecule has 0 aliphatic heterocycles. The van der Waals surface area contributed by atoms with E-state index in [0.29, 0.717) is 11.1 Å². The topological polar surface area (TPSA) is 15.3 Å². The predicted octanol–water partition coefficient (Wildman–Crippen LogP) is 3.42. The summed E-state index contributed by atoms with van der Waals surface area (Å²) >= 11 is 0. The van der Waals surface area contributed by atoms with Crippen LogP contribution in [0.2, 0.25) is 0 Å². The minimum atomic E-state index is 0.337. The van der Waals surface area contributed by atoms with E-state index in [9.17, 15) is 0 Å². The minimum Gasteiger partial charge on any atom is -0.314 e. The van der Waals surface area contributed by atoms with Crippen LogP contribution in [0.15, 0.2) is 0 Å². The van der Waals surface area contributed by atoms with Gasteiger partial charge >= 0.3 is 0 Å². The third-order valence-electron chi connectivity index (χ3n) is 5.17. The highest BCUT2D eigenvalue weighted by Crippen LogP contribution is 2.31. The van der Waals surface area contributed by atoms with Crippen LogP contribution < -0.4 is 5.32 Å². The van der Waals surface area contributed by atoms with E-state index in [0.717, 1.165) is 0 Å². The third kappa shape index (κ3) is 3.96. The zero-order chi connectivity index (χ0) is 12.9. The Kier molecular flexibility index (Phi) is 5.46. The number of nitrogens with zero attached hydrogens (tertiary/aromatic N) is 1. The van der Waals surface area contributed by atoms with E-state index >= 15 is 0 Å². The largest absolute Gasteiger partial charge is 0.314 e. The first-order valence-corrected chi connectivity index (χ1v) is 7.36. The molecular weight excluding hydrogens is 208 g/mol. The van der Waals surface area contributed by atoms with Crippen molar-refractivity contribution in [2.24, 2.45) is 0 Å². The highest BCUT2D eigenvalue weighted by atomic mass is 15.2. The summed E-state index contributed by atoms with van der Waals surface area (Å²) < 4.78 is 0. The Morgan fingerprint density at radius 1 is 1.18 bits per heavy atom. The monoisotopic (exact) mass is 240 g/mol. The Labute approximate surface area is 108 Å². The van der Waals surface area contributed by atoms with Gasteiger partial charge in [-0.2, -0.15) is 0 Å². The van der Waals surface area contributed by atoms with Crippen molar-refractivity contribution in [1.29, 1.82) is 0 Å². The molecule has 0 amide bonds. The molecule has 2 heteroatoms. The molecule has 1 aliphatic carbocycles. The molecule has 102 valence electrons. The maximum Gasteiger partial charge on any atom is 0.0190 e. The van der Waals surface area contributed by atoms with Gasteiger partial charge in [0.2, 0.25) is 0 Å². The normalized spacial score (nSPS) is 20.8. The minimum absolute atomic E-state index is 0.337. The quantitative estimate of drug-likeness (QED) is 0.765. The van der Waals surface area contributed by atoms with Crippen LogP contribution in [0.5, 0.6) is 0 Å². The lowest BCUT2D eigenvalue weighted by atomic mass is 9.79. The summed E-state index contributed by atoms with van der Waals surface area (Å²) in [6, 6.07) is 0. The van der Waals surface area contributed by atoms with Crippen molar-refractivity contribution in [1.82, 2.24) is 10.2 Å². The second-order valence-electron chi connectivity index (χ2n) is 6.43. The van der Waals surface area contributed by atoms with E-state index < -0.39 is 0 Å². The van der Waals surface area contributed by atoms with Gasteiger partial charge in [-0.05, 0) is 53.6 Å². The van der Waals surface area contributed by atoms with Crippen LogP contribution in [-0.2, 0) is 0 Å². The van der Waals surface area contributed by atoms with Gasteiger partial charge in [0.1, 0.15) is 0 Å². The van der Waals surface area contributed by atoms with Gasteiger partial charge in [0.15, 0.2) is 0 Å². The van der Waals surface area contributed by atoms with E-state index in [2.05, 4.69) is 45.1 Å². The first kappa shape index (κ1) is 15.0. The van der Waals surface area contributed by atoms with Crippen LogP contribution in [0.4, 0.5) is 0 Å². The molecule has 1 fully saturated rings. The van der Waals surface area contributed by atoms with Gasteiger partial charge in [0.25, 0.3) is 0 Å². The molecular formula is C15H32N2. The summed E-state index contributed by atoms with van der Waals surface area (Å²) in [5, 5.41) is 3.62. The lowest BCUT2D eigenvalue weighted by Gasteiger charge is -2.41. The molecule has 1 aliphatic rings. The van der Waals surface area contributed by atoms with Gasteiger partial charge in [-0.15, -0.1) is 0 Å². The van der Waals surface area contributed by atoms with E-state index in [1.165, 1.54) is 51.5 Å². The molecule has 0 aromatic carbocycles. The van der Waals surface area contributed by atoms with Gasteiger partial charge in [-0.1, -0.05) is 26.2 Å². The van der Waals surface area contributed by atoms with Crippen LogP contribution in [0.25, 0.3) is 0 Å². The molecule has 0 saturated heterocycles. The first-order chi connectivity index (χ1) is 7.96. The molecule has 1 saturated carbocycles. The van der Waals surface area contributed by atoms with E-state index in [-0.39, 0.29) is 0 Å². The smallest absolute Gasteiger partial charge is 0.0190 e. The molecule has 0 atom stereocenters. The fraction of sp³-hybridized carbons (Fsp3) is 1.00. The van der Waals surface area contributed by atoms with Crippen molar-refractivity contribution in [2.45, 2.75) is 76.8 Å². The van der Waals surface area contributed by atoms with Crippen LogP contribution in [-0.4, -0.2) is 36.6 Å². The van der Waals surface area contributed by atoms with Crippen molar-refractivity contribution in [3.63, 3.8) is 0 Å². The lowest BCUT2D eigenvalue weighted by molar-refractivity contribution is 0.120. The predicted molar refractivity (Wildman–Crippen MR) is 76.5 cm³/mol. The number of nitrogens with one attached hydrogen (secondary N) is 1. The Bertz CT molecular complexity index is 217. The maximum atomic E-state index is 3.62. The Balaban J connectivity index is 2.47. The molecule has 1 N–H and O–H groups in total. The van der Waals surface area contributed by atoms with Crippen LogP contribution in [0, 0.1) is 0 Å². The number of rotatable bonds is 6. The highest BCUT2D eigenvalue weighted by Gasteiger charge is 2.31. The average Bonchev–Trinajstić information content (AvgIpc) is 2.37. The molecule has 0 bridgehead atoms. The molecule has 2 nitrogen and oxygen atoms in total. The van der Waals surface area contributed by atoms with E-state index in [4.69, 9.17) is 0 Å². The molecule has 0 unspecified atom stereocenters. The first-order valence-electron chi connectivity index (χ1n) is 7.36. The van der Waals surface area contributed by atoms with Crippen LogP contribution in [0.1, 0.15) is 65.7 Å².